The molecule has 4 nitrogen and oxygen atoms in total. The molecule has 0 aliphatic carbocycles. The lowest BCUT2D eigenvalue weighted by molar-refractivity contribution is -0.123. The number of carbonyl (C=O) groups excluding carboxylic acids is 1. The van der Waals surface area contributed by atoms with E-state index in [1.54, 1.807) is 0 Å². The van der Waals surface area contributed by atoms with E-state index in [1.807, 2.05) is 39.0 Å². The summed E-state index contributed by atoms with van der Waals surface area (Å²) in [5.74, 6) is 0.615. The summed E-state index contributed by atoms with van der Waals surface area (Å²) in [4.78, 5) is 11.7. The molecule has 0 aromatic heterocycles. The molecule has 19 heavy (non-hydrogen) atoms. The monoisotopic (exact) mass is 265 g/mol. The largest absolute Gasteiger partial charge is 0.483 e. The summed E-state index contributed by atoms with van der Waals surface area (Å²) in [6.45, 7) is 6.09. The maximum atomic E-state index is 11.7. The van der Waals surface area contributed by atoms with Crippen molar-refractivity contribution in [2.45, 2.75) is 39.7 Å². The lowest BCUT2D eigenvalue weighted by atomic mass is 10.1. The Hall–Kier alpha value is -1.55. The van der Waals surface area contributed by atoms with E-state index in [1.165, 1.54) is 0 Å². The second kappa shape index (κ2) is 7.79. The maximum Gasteiger partial charge on any atom is 0.258 e. The number of ether oxygens (including phenoxy) is 1. The molecule has 4 heteroatoms. The van der Waals surface area contributed by atoms with E-state index in [-0.39, 0.29) is 25.2 Å². The van der Waals surface area contributed by atoms with E-state index in [0.29, 0.717) is 6.42 Å². The normalized spacial score (nSPS) is 12.0. The molecule has 106 valence electrons. The van der Waals surface area contributed by atoms with Gasteiger partial charge in [-0.05, 0) is 50.8 Å². The number of aliphatic hydroxyl groups excluding tert-OH is 1. The first-order valence-corrected chi connectivity index (χ1v) is 6.63. The van der Waals surface area contributed by atoms with Crippen molar-refractivity contribution >= 4 is 5.91 Å². The van der Waals surface area contributed by atoms with Crippen molar-refractivity contribution < 1.29 is 14.6 Å². The topological polar surface area (TPSA) is 58.6 Å². The molecule has 1 rings (SSSR count). The van der Waals surface area contributed by atoms with Gasteiger partial charge in [0.25, 0.3) is 5.91 Å². The molecule has 0 aliphatic heterocycles. The number of hydrogen-bond donors (Lipinski definition) is 2. The van der Waals surface area contributed by atoms with Crippen LogP contribution in [0.4, 0.5) is 0 Å². The molecule has 1 amide bonds. The summed E-state index contributed by atoms with van der Waals surface area (Å²) >= 11 is 0. The molecule has 0 aliphatic rings. The molecule has 1 aromatic carbocycles. The van der Waals surface area contributed by atoms with E-state index in [9.17, 15) is 4.79 Å². The average Bonchev–Trinajstić information content (AvgIpc) is 2.38. The van der Waals surface area contributed by atoms with Crippen LogP contribution in [0.3, 0.4) is 0 Å². The number of nitrogens with one attached hydrogen (secondary N) is 1. The van der Waals surface area contributed by atoms with Crippen LogP contribution in [-0.4, -0.2) is 30.3 Å². The Bertz CT molecular complexity index is 418. The fourth-order valence-corrected chi connectivity index (χ4v) is 1.81. The van der Waals surface area contributed by atoms with Gasteiger partial charge in [-0.1, -0.05) is 12.1 Å². The van der Waals surface area contributed by atoms with E-state index in [2.05, 4.69) is 5.32 Å². The summed E-state index contributed by atoms with van der Waals surface area (Å²) < 4.78 is 5.52. The predicted molar refractivity (Wildman–Crippen MR) is 75.3 cm³/mol. The lowest BCUT2D eigenvalue weighted by Crippen LogP contribution is -2.36. The van der Waals surface area contributed by atoms with Gasteiger partial charge in [0.2, 0.25) is 0 Å². The maximum absolute atomic E-state index is 11.7. The van der Waals surface area contributed by atoms with E-state index in [0.717, 1.165) is 23.3 Å². The molecule has 0 saturated carbocycles. The molecule has 0 bridgehead atoms. The summed E-state index contributed by atoms with van der Waals surface area (Å²) in [6.07, 6.45) is 1.46. The van der Waals surface area contributed by atoms with Gasteiger partial charge in [0.1, 0.15) is 5.75 Å². The molecule has 1 aromatic rings. The van der Waals surface area contributed by atoms with Crippen LogP contribution in [0.15, 0.2) is 18.2 Å². The minimum absolute atomic E-state index is 0.0216. The molecule has 1 atom stereocenters. The average molecular weight is 265 g/mol. The van der Waals surface area contributed by atoms with Crippen molar-refractivity contribution in [1.29, 1.82) is 0 Å². The zero-order valence-corrected chi connectivity index (χ0v) is 11.9. The Morgan fingerprint density at radius 1 is 1.42 bits per heavy atom. The molecule has 0 saturated heterocycles. The Morgan fingerprint density at radius 2 is 2.16 bits per heavy atom. The third-order valence-corrected chi connectivity index (χ3v) is 3.12. The number of amides is 1. The van der Waals surface area contributed by atoms with Crippen LogP contribution in [-0.2, 0) is 4.79 Å². The molecule has 1 unspecified atom stereocenters. The van der Waals surface area contributed by atoms with Gasteiger partial charge < -0.3 is 15.2 Å². The smallest absolute Gasteiger partial charge is 0.258 e. The number of rotatable bonds is 7. The van der Waals surface area contributed by atoms with Crippen LogP contribution < -0.4 is 10.1 Å². The summed E-state index contributed by atoms with van der Waals surface area (Å²) in [7, 11) is 0. The van der Waals surface area contributed by atoms with E-state index < -0.39 is 0 Å². The first-order chi connectivity index (χ1) is 9.04. The zero-order chi connectivity index (χ0) is 14.3. The van der Waals surface area contributed by atoms with Crippen molar-refractivity contribution in [3.05, 3.63) is 29.3 Å². The molecule has 0 spiro atoms. The van der Waals surface area contributed by atoms with Gasteiger partial charge in [0.15, 0.2) is 6.61 Å². The van der Waals surface area contributed by atoms with Crippen LogP contribution in [0.5, 0.6) is 5.75 Å². The standard InChI is InChI=1S/C15H23NO3/c1-11-6-4-8-14(13(11)3)19-10-15(18)16-12(2)7-5-9-17/h4,6,8,12,17H,5,7,9-10H2,1-3H3,(H,16,18). The number of hydrogen-bond acceptors (Lipinski definition) is 3. The lowest BCUT2D eigenvalue weighted by Gasteiger charge is -2.14. The van der Waals surface area contributed by atoms with Crippen LogP contribution >= 0.6 is 0 Å². The van der Waals surface area contributed by atoms with E-state index in [4.69, 9.17) is 9.84 Å². The molecule has 0 fully saturated rings. The summed E-state index contributed by atoms with van der Waals surface area (Å²) in [5.41, 5.74) is 2.21. The number of aliphatic hydroxyl groups is 1. The first-order valence-electron chi connectivity index (χ1n) is 6.63. The number of carbonyl (C=O) groups is 1. The molecular formula is C15H23NO3. The van der Waals surface area contributed by atoms with Crippen molar-refractivity contribution in [1.82, 2.24) is 5.32 Å². The highest BCUT2D eigenvalue weighted by molar-refractivity contribution is 5.77. The Labute approximate surface area is 114 Å². The van der Waals surface area contributed by atoms with Crippen LogP contribution in [0.25, 0.3) is 0 Å². The minimum Gasteiger partial charge on any atom is -0.483 e. The second-order valence-electron chi connectivity index (χ2n) is 4.82. The third-order valence-electron chi connectivity index (χ3n) is 3.12. The zero-order valence-electron chi connectivity index (χ0n) is 11.9. The summed E-state index contributed by atoms with van der Waals surface area (Å²) in [5, 5.41) is 11.6. The van der Waals surface area contributed by atoms with Gasteiger partial charge in [-0.3, -0.25) is 4.79 Å². The Kier molecular flexibility index (Phi) is 6.36. The van der Waals surface area contributed by atoms with Crippen LogP contribution in [0.2, 0.25) is 0 Å². The van der Waals surface area contributed by atoms with Crippen molar-refractivity contribution in [3.63, 3.8) is 0 Å². The van der Waals surface area contributed by atoms with Crippen LogP contribution in [0.1, 0.15) is 30.9 Å². The van der Waals surface area contributed by atoms with E-state index >= 15 is 0 Å². The highest BCUT2D eigenvalue weighted by atomic mass is 16.5. The molecular weight excluding hydrogens is 242 g/mol. The molecule has 0 heterocycles. The van der Waals surface area contributed by atoms with Crippen molar-refractivity contribution in [3.8, 4) is 5.75 Å². The molecule has 0 radical (unpaired) electrons. The highest BCUT2D eigenvalue weighted by Crippen LogP contribution is 2.20. The SMILES string of the molecule is Cc1cccc(OCC(=O)NC(C)CCCO)c1C. The van der Waals surface area contributed by atoms with Gasteiger partial charge in [0.05, 0.1) is 0 Å². The van der Waals surface area contributed by atoms with Crippen molar-refractivity contribution in [2.75, 3.05) is 13.2 Å². The second-order valence-corrected chi connectivity index (χ2v) is 4.82. The van der Waals surface area contributed by atoms with Crippen molar-refractivity contribution in [2.24, 2.45) is 0 Å². The quantitative estimate of drug-likeness (QED) is 0.792. The van der Waals surface area contributed by atoms with Crippen LogP contribution in [0, 0.1) is 13.8 Å². The Morgan fingerprint density at radius 3 is 2.84 bits per heavy atom. The van der Waals surface area contributed by atoms with Gasteiger partial charge >= 0.3 is 0 Å². The Balaban J connectivity index is 2.40. The predicted octanol–water partition coefficient (Wildman–Crippen LogP) is 1.96. The number of aryl methyl sites for hydroxylation is 1. The minimum atomic E-state index is -0.133. The highest BCUT2D eigenvalue weighted by Gasteiger charge is 2.09. The molecule has 2 N–H and O–H groups in total. The third kappa shape index (κ3) is 5.30. The fourth-order valence-electron chi connectivity index (χ4n) is 1.81. The number of benzene rings is 1. The van der Waals surface area contributed by atoms with Gasteiger partial charge in [-0.25, -0.2) is 0 Å². The van der Waals surface area contributed by atoms with Gasteiger partial charge in [0, 0.05) is 12.6 Å². The first kappa shape index (κ1) is 15.5. The van der Waals surface area contributed by atoms with Gasteiger partial charge in [-0.15, -0.1) is 0 Å². The summed E-state index contributed by atoms with van der Waals surface area (Å²) in [6, 6.07) is 5.85. The van der Waals surface area contributed by atoms with Gasteiger partial charge in [-0.2, -0.15) is 0 Å². The fraction of sp³-hybridized carbons (Fsp3) is 0.533.